The number of carbonyl (C=O) groups is 1. The van der Waals surface area contributed by atoms with Crippen molar-refractivity contribution in [3.63, 3.8) is 0 Å². The molecule has 0 aliphatic rings. The van der Waals surface area contributed by atoms with Crippen molar-refractivity contribution >= 4 is 5.78 Å². The Bertz CT molecular complexity index is 542. The van der Waals surface area contributed by atoms with Gasteiger partial charge in [-0.05, 0) is 12.8 Å². The highest BCUT2D eigenvalue weighted by atomic mass is 16.3. The van der Waals surface area contributed by atoms with Crippen LogP contribution in [-0.4, -0.2) is 39.5 Å². The van der Waals surface area contributed by atoms with Crippen molar-refractivity contribution in [1.29, 1.82) is 0 Å². The summed E-state index contributed by atoms with van der Waals surface area (Å²) in [6.45, 7) is 4.52. The summed E-state index contributed by atoms with van der Waals surface area (Å²) in [6, 6.07) is 0. The number of unbranched alkanes of at least 4 members (excludes halogenated alkanes) is 25. The molecule has 246 valence electrons. The molecule has 2 unspecified atom stereocenters. The Kier molecular flexibility index (Phi) is 30.6. The highest BCUT2D eigenvalue weighted by molar-refractivity contribution is 5.86. The third-order valence-electron chi connectivity index (χ3n) is 8.87. The smallest absolute Gasteiger partial charge is 0.170 e. The van der Waals surface area contributed by atoms with Gasteiger partial charge in [0.25, 0.3) is 0 Å². The molecule has 0 radical (unpaired) electrons. The van der Waals surface area contributed by atoms with Crippen LogP contribution >= 0.6 is 0 Å². The van der Waals surface area contributed by atoms with Crippen molar-refractivity contribution in [1.82, 2.24) is 0 Å². The van der Waals surface area contributed by atoms with Gasteiger partial charge in [-0.1, -0.05) is 187 Å². The molecule has 5 heteroatoms. The second-order valence-electron chi connectivity index (χ2n) is 12.9. The number of ketones is 1. The summed E-state index contributed by atoms with van der Waals surface area (Å²) in [5, 5.41) is 31.0. The minimum absolute atomic E-state index is 0.381. The van der Waals surface area contributed by atoms with Gasteiger partial charge in [-0.15, -0.1) is 0 Å². The first-order valence-corrected chi connectivity index (χ1v) is 18.3. The summed E-state index contributed by atoms with van der Waals surface area (Å²) < 4.78 is 0. The summed E-state index contributed by atoms with van der Waals surface area (Å²) in [6.07, 6.45) is 31.1. The van der Waals surface area contributed by atoms with Gasteiger partial charge >= 0.3 is 0 Å². The number of rotatable bonds is 33. The lowest BCUT2D eigenvalue weighted by atomic mass is 9.87. The predicted molar refractivity (Wildman–Crippen MR) is 176 cm³/mol. The van der Waals surface area contributed by atoms with Crippen molar-refractivity contribution < 1.29 is 20.1 Å². The second-order valence-corrected chi connectivity index (χ2v) is 12.9. The molecule has 0 aromatic heterocycles. The Balaban J connectivity index is 3.82. The van der Waals surface area contributed by atoms with E-state index in [1.807, 2.05) is 0 Å². The number of aliphatic hydroxyl groups excluding tert-OH is 3. The number of Topliss-reactive ketones (excluding diaryl/α,β-unsaturated/α-hetero) is 1. The standard InChI is InChI=1S/C36H73NO4/c1-3-5-7-9-11-13-15-17-19-21-23-25-27-29-31-33(39)35(40)34(36(37)41)32(38)30-28-26-24-22-20-18-16-14-12-10-8-6-4-2/h32-34,36,38-39,41H,3-31,37H2,1-2H3/t32-,33?,34-,36?/m1/s1. The first-order chi connectivity index (χ1) is 20.0. The normalized spacial score (nSPS) is 14.7. The van der Waals surface area contributed by atoms with Gasteiger partial charge in [0.2, 0.25) is 0 Å². The first kappa shape index (κ1) is 40.5. The Hall–Kier alpha value is -0.490. The van der Waals surface area contributed by atoms with Gasteiger partial charge in [-0.3, -0.25) is 4.79 Å². The van der Waals surface area contributed by atoms with Gasteiger partial charge in [0.15, 0.2) is 5.78 Å². The maximum Gasteiger partial charge on any atom is 0.170 e. The zero-order chi connectivity index (χ0) is 30.4. The monoisotopic (exact) mass is 584 g/mol. The molecule has 0 aromatic rings. The number of nitrogens with two attached hydrogens (primary N) is 1. The van der Waals surface area contributed by atoms with Crippen molar-refractivity contribution in [2.75, 3.05) is 0 Å². The van der Waals surface area contributed by atoms with E-state index >= 15 is 0 Å². The Morgan fingerprint density at radius 1 is 0.463 bits per heavy atom. The van der Waals surface area contributed by atoms with Gasteiger partial charge in [0.05, 0.1) is 12.0 Å². The molecule has 0 bridgehead atoms. The average molecular weight is 584 g/mol. The number of carbonyl (C=O) groups excluding carboxylic acids is 1. The molecule has 0 saturated carbocycles. The number of aliphatic hydroxyl groups is 3. The van der Waals surface area contributed by atoms with E-state index in [-0.39, 0.29) is 0 Å². The molecule has 0 saturated heterocycles. The largest absolute Gasteiger partial charge is 0.392 e. The van der Waals surface area contributed by atoms with Crippen LogP contribution in [0.3, 0.4) is 0 Å². The minimum atomic E-state index is -1.44. The first-order valence-electron chi connectivity index (χ1n) is 18.3. The Morgan fingerprint density at radius 2 is 0.732 bits per heavy atom. The molecule has 0 fully saturated rings. The lowest BCUT2D eigenvalue weighted by molar-refractivity contribution is -0.140. The topological polar surface area (TPSA) is 104 Å². The van der Waals surface area contributed by atoms with Crippen molar-refractivity contribution in [2.45, 2.75) is 218 Å². The lowest BCUT2D eigenvalue weighted by Gasteiger charge is -2.26. The highest BCUT2D eigenvalue weighted by Gasteiger charge is 2.34. The Labute approximate surface area is 255 Å². The molecule has 0 aliphatic heterocycles. The van der Waals surface area contributed by atoms with Crippen LogP contribution in [0.4, 0.5) is 0 Å². The maximum atomic E-state index is 12.8. The summed E-state index contributed by atoms with van der Waals surface area (Å²) >= 11 is 0. The summed E-state index contributed by atoms with van der Waals surface area (Å²) in [5.74, 6) is -1.61. The van der Waals surface area contributed by atoms with E-state index in [4.69, 9.17) is 5.73 Å². The minimum Gasteiger partial charge on any atom is -0.392 e. The quantitative estimate of drug-likeness (QED) is 0.0455. The molecular weight excluding hydrogens is 510 g/mol. The fraction of sp³-hybridized carbons (Fsp3) is 0.972. The highest BCUT2D eigenvalue weighted by Crippen LogP contribution is 2.21. The van der Waals surface area contributed by atoms with Gasteiger partial charge in [0.1, 0.15) is 12.3 Å². The predicted octanol–water partition coefficient (Wildman–Crippen LogP) is 9.52. The van der Waals surface area contributed by atoms with E-state index in [0.717, 1.165) is 38.5 Å². The number of hydrogen-bond acceptors (Lipinski definition) is 5. The molecule has 5 N–H and O–H groups in total. The number of hydrogen-bond donors (Lipinski definition) is 4. The van der Waals surface area contributed by atoms with E-state index < -0.39 is 30.1 Å². The zero-order valence-corrected chi connectivity index (χ0v) is 27.6. The molecule has 0 aromatic carbocycles. The molecule has 0 rings (SSSR count). The second kappa shape index (κ2) is 31.0. The van der Waals surface area contributed by atoms with Crippen LogP contribution < -0.4 is 5.73 Å². The van der Waals surface area contributed by atoms with E-state index in [2.05, 4.69) is 13.8 Å². The SMILES string of the molecule is CCCCCCCCCCCCCCCCC(O)C(=O)[C@H](C(N)O)[C@H](O)CCCCCCCCCCCCCCC. The van der Waals surface area contributed by atoms with E-state index in [1.165, 1.54) is 135 Å². The summed E-state index contributed by atoms with van der Waals surface area (Å²) in [5.41, 5.74) is 5.66. The van der Waals surface area contributed by atoms with Crippen LogP contribution in [0.5, 0.6) is 0 Å². The van der Waals surface area contributed by atoms with Crippen LogP contribution in [0.15, 0.2) is 0 Å². The van der Waals surface area contributed by atoms with Crippen molar-refractivity contribution in [2.24, 2.45) is 11.7 Å². The fourth-order valence-corrected chi connectivity index (χ4v) is 6.03. The van der Waals surface area contributed by atoms with Gasteiger partial charge < -0.3 is 21.1 Å². The molecule has 5 nitrogen and oxygen atoms in total. The van der Waals surface area contributed by atoms with E-state index in [9.17, 15) is 20.1 Å². The van der Waals surface area contributed by atoms with E-state index in [1.54, 1.807) is 0 Å². The zero-order valence-electron chi connectivity index (χ0n) is 27.6. The molecule has 41 heavy (non-hydrogen) atoms. The molecule has 0 aliphatic carbocycles. The average Bonchev–Trinajstić information content (AvgIpc) is 2.95. The van der Waals surface area contributed by atoms with Crippen LogP contribution in [0.1, 0.15) is 200 Å². The van der Waals surface area contributed by atoms with Crippen molar-refractivity contribution in [3.05, 3.63) is 0 Å². The van der Waals surface area contributed by atoms with Crippen LogP contribution in [0, 0.1) is 5.92 Å². The molecule has 4 atom stereocenters. The lowest BCUT2D eigenvalue weighted by Crippen LogP contribution is -2.47. The van der Waals surface area contributed by atoms with Crippen LogP contribution in [0.25, 0.3) is 0 Å². The molecule has 0 spiro atoms. The Morgan fingerprint density at radius 3 is 1.02 bits per heavy atom. The summed E-state index contributed by atoms with van der Waals surface area (Å²) in [7, 11) is 0. The fourth-order valence-electron chi connectivity index (χ4n) is 6.03. The molecule has 0 heterocycles. The molecule has 0 amide bonds. The van der Waals surface area contributed by atoms with Crippen molar-refractivity contribution in [3.8, 4) is 0 Å². The van der Waals surface area contributed by atoms with Gasteiger partial charge in [0, 0.05) is 0 Å². The summed E-state index contributed by atoms with van der Waals surface area (Å²) in [4.78, 5) is 12.8. The van der Waals surface area contributed by atoms with Crippen LogP contribution in [-0.2, 0) is 4.79 Å². The third kappa shape index (κ3) is 25.7. The van der Waals surface area contributed by atoms with Gasteiger partial charge in [-0.25, -0.2) is 0 Å². The molecular formula is C36H73NO4. The third-order valence-corrected chi connectivity index (χ3v) is 8.87. The van der Waals surface area contributed by atoms with Gasteiger partial charge in [-0.2, -0.15) is 0 Å². The van der Waals surface area contributed by atoms with Crippen LogP contribution in [0.2, 0.25) is 0 Å². The maximum absolute atomic E-state index is 12.8. The van der Waals surface area contributed by atoms with E-state index in [0.29, 0.717) is 12.8 Å².